The van der Waals surface area contributed by atoms with Crippen molar-refractivity contribution in [2.24, 2.45) is 0 Å². The second kappa shape index (κ2) is 5.66. The number of aromatic nitrogens is 3. The number of benzene rings is 2. The summed E-state index contributed by atoms with van der Waals surface area (Å²) in [6.07, 6.45) is 0. The van der Waals surface area contributed by atoms with Crippen LogP contribution in [0.25, 0.3) is 17.1 Å². The average molecular weight is 295 g/mol. The van der Waals surface area contributed by atoms with Gasteiger partial charge in [-0.1, -0.05) is 56.3 Å². The van der Waals surface area contributed by atoms with E-state index in [0.29, 0.717) is 10.7 Å². The average Bonchev–Trinajstić information content (AvgIpc) is 2.90. The van der Waals surface area contributed by atoms with Crippen LogP contribution in [0.3, 0.4) is 0 Å². The molecule has 21 heavy (non-hydrogen) atoms. The predicted octanol–water partition coefficient (Wildman–Crippen LogP) is 4.72. The van der Waals surface area contributed by atoms with Crippen LogP contribution in [-0.2, 0) is 0 Å². The Kier molecular flexibility index (Phi) is 3.71. The van der Waals surface area contributed by atoms with Crippen molar-refractivity contribution in [3.05, 3.63) is 64.9 Å². The first kappa shape index (κ1) is 13.8. The molecular weight excluding hydrogens is 278 g/mol. The van der Waals surface area contributed by atoms with Crippen molar-refractivity contribution < 1.29 is 0 Å². The van der Waals surface area contributed by atoms with Crippen LogP contribution in [0.5, 0.6) is 0 Å². The third kappa shape index (κ3) is 2.67. The highest BCUT2D eigenvalue weighted by atomic mass is 32.1. The zero-order valence-electron chi connectivity index (χ0n) is 12.1. The van der Waals surface area contributed by atoms with Gasteiger partial charge in [0.25, 0.3) is 0 Å². The van der Waals surface area contributed by atoms with E-state index in [-0.39, 0.29) is 0 Å². The van der Waals surface area contributed by atoms with E-state index in [9.17, 15) is 0 Å². The van der Waals surface area contributed by atoms with E-state index in [2.05, 4.69) is 48.3 Å². The quantitative estimate of drug-likeness (QED) is 0.709. The van der Waals surface area contributed by atoms with E-state index < -0.39 is 0 Å². The first-order valence-electron chi connectivity index (χ1n) is 7.00. The number of H-pyrrole nitrogens is 1. The number of hydrogen-bond acceptors (Lipinski definition) is 2. The Balaban J connectivity index is 2.10. The third-order valence-corrected chi connectivity index (χ3v) is 3.80. The van der Waals surface area contributed by atoms with Gasteiger partial charge < -0.3 is 0 Å². The van der Waals surface area contributed by atoms with Crippen LogP contribution in [0.2, 0.25) is 0 Å². The highest BCUT2D eigenvalue weighted by Crippen LogP contribution is 2.23. The molecule has 0 aliphatic carbocycles. The smallest absolute Gasteiger partial charge is 0.200 e. The topological polar surface area (TPSA) is 33.6 Å². The minimum Gasteiger partial charge on any atom is -0.268 e. The van der Waals surface area contributed by atoms with Crippen LogP contribution in [0, 0.1) is 4.77 Å². The Morgan fingerprint density at radius 1 is 1.00 bits per heavy atom. The molecule has 1 heterocycles. The molecule has 0 fully saturated rings. The Morgan fingerprint density at radius 3 is 2.29 bits per heavy atom. The maximum absolute atomic E-state index is 5.37. The second-order valence-electron chi connectivity index (χ2n) is 5.30. The zero-order valence-corrected chi connectivity index (χ0v) is 12.9. The van der Waals surface area contributed by atoms with Crippen molar-refractivity contribution in [3.63, 3.8) is 0 Å². The molecule has 0 amide bonds. The standard InChI is InChI=1S/C17H17N3S/c1-12(2)13-8-10-14(11-9-13)16-18-19-17(21)20(16)15-6-4-3-5-7-15/h3-12H,1-2H3,(H,19,21). The molecular formula is C17H17N3S. The van der Waals surface area contributed by atoms with Gasteiger partial charge in [-0.2, -0.15) is 5.10 Å². The van der Waals surface area contributed by atoms with Crippen LogP contribution >= 0.6 is 12.2 Å². The molecule has 106 valence electrons. The molecule has 3 nitrogen and oxygen atoms in total. The Hall–Kier alpha value is -2.20. The molecule has 3 aromatic rings. The van der Waals surface area contributed by atoms with Gasteiger partial charge in [-0.15, -0.1) is 0 Å². The van der Waals surface area contributed by atoms with Crippen LogP contribution in [0.15, 0.2) is 54.6 Å². The summed E-state index contributed by atoms with van der Waals surface area (Å²) in [7, 11) is 0. The summed E-state index contributed by atoms with van der Waals surface area (Å²) in [5, 5.41) is 7.27. The van der Waals surface area contributed by atoms with Gasteiger partial charge in [-0.25, -0.2) is 0 Å². The van der Waals surface area contributed by atoms with Gasteiger partial charge >= 0.3 is 0 Å². The van der Waals surface area contributed by atoms with Gasteiger partial charge in [0.2, 0.25) is 0 Å². The Labute approximate surface area is 129 Å². The summed E-state index contributed by atoms with van der Waals surface area (Å²) < 4.78 is 2.56. The molecule has 0 saturated heterocycles. The van der Waals surface area contributed by atoms with Crippen molar-refractivity contribution in [1.29, 1.82) is 0 Å². The van der Waals surface area contributed by atoms with Crippen LogP contribution in [0.4, 0.5) is 0 Å². The molecule has 3 rings (SSSR count). The maximum atomic E-state index is 5.37. The van der Waals surface area contributed by atoms with E-state index in [1.54, 1.807) is 0 Å². The highest BCUT2D eigenvalue weighted by Gasteiger charge is 2.10. The lowest BCUT2D eigenvalue weighted by molar-refractivity contribution is 0.866. The molecule has 4 heteroatoms. The number of hydrogen-bond donors (Lipinski definition) is 1. The molecule has 0 atom stereocenters. The largest absolute Gasteiger partial charge is 0.268 e. The summed E-state index contributed by atoms with van der Waals surface area (Å²) in [4.78, 5) is 0. The summed E-state index contributed by atoms with van der Waals surface area (Å²) in [5.41, 5.74) is 3.38. The van der Waals surface area contributed by atoms with Crippen molar-refractivity contribution >= 4 is 12.2 Å². The van der Waals surface area contributed by atoms with E-state index in [4.69, 9.17) is 12.2 Å². The van der Waals surface area contributed by atoms with E-state index >= 15 is 0 Å². The lowest BCUT2D eigenvalue weighted by Crippen LogP contribution is -1.97. The molecule has 0 radical (unpaired) electrons. The van der Waals surface area contributed by atoms with Gasteiger partial charge in [0.15, 0.2) is 10.6 Å². The van der Waals surface area contributed by atoms with Crippen LogP contribution < -0.4 is 0 Å². The molecule has 0 spiro atoms. The maximum Gasteiger partial charge on any atom is 0.200 e. The minimum absolute atomic E-state index is 0.522. The van der Waals surface area contributed by atoms with Crippen molar-refractivity contribution in [3.8, 4) is 17.1 Å². The zero-order chi connectivity index (χ0) is 14.8. The summed E-state index contributed by atoms with van der Waals surface area (Å²) in [6.45, 7) is 4.38. The monoisotopic (exact) mass is 295 g/mol. The molecule has 0 saturated carbocycles. The summed E-state index contributed by atoms with van der Waals surface area (Å²) in [6, 6.07) is 18.5. The SMILES string of the molecule is CC(C)c1ccc(-c2n[nH]c(=S)n2-c2ccccc2)cc1. The fraction of sp³-hybridized carbons (Fsp3) is 0.176. The van der Waals surface area contributed by atoms with Gasteiger partial charge in [-0.3, -0.25) is 9.67 Å². The summed E-state index contributed by atoms with van der Waals surface area (Å²) >= 11 is 5.37. The normalized spacial score (nSPS) is 11.0. The van der Waals surface area contributed by atoms with Crippen molar-refractivity contribution in [2.45, 2.75) is 19.8 Å². The van der Waals surface area contributed by atoms with Crippen LogP contribution in [0.1, 0.15) is 25.3 Å². The first-order valence-corrected chi connectivity index (χ1v) is 7.41. The number of nitrogens with one attached hydrogen (secondary N) is 1. The predicted molar refractivity (Wildman–Crippen MR) is 88.3 cm³/mol. The number of para-hydroxylation sites is 1. The lowest BCUT2D eigenvalue weighted by Gasteiger charge is -2.09. The molecule has 1 aromatic heterocycles. The highest BCUT2D eigenvalue weighted by molar-refractivity contribution is 7.71. The molecule has 0 aliphatic rings. The second-order valence-corrected chi connectivity index (χ2v) is 5.69. The van der Waals surface area contributed by atoms with E-state index in [1.807, 2.05) is 34.9 Å². The molecule has 0 bridgehead atoms. The van der Waals surface area contributed by atoms with E-state index in [0.717, 1.165) is 17.1 Å². The van der Waals surface area contributed by atoms with Gasteiger partial charge in [0.1, 0.15) is 0 Å². The van der Waals surface area contributed by atoms with Crippen molar-refractivity contribution in [1.82, 2.24) is 14.8 Å². The number of nitrogens with zero attached hydrogens (tertiary/aromatic N) is 2. The van der Waals surface area contributed by atoms with Gasteiger partial charge in [0, 0.05) is 11.3 Å². The first-order chi connectivity index (χ1) is 10.2. The minimum atomic E-state index is 0.522. The van der Waals surface area contributed by atoms with Gasteiger partial charge in [-0.05, 0) is 35.8 Å². The lowest BCUT2D eigenvalue weighted by atomic mass is 10.0. The fourth-order valence-electron chi connectivity index (χ4n) is 2.32. The van der Waals surface area contributed by atoms with Crippen LogP contribution in [-0.4, -0.2) is 14.8 Å². The Morgan fingerprint density at radius 2 is 1.67 bits per heavy atom. The molecule has 1 N–H and O–H groups in total. The number of aromatic amines is 1. The molecule has 2 aromatic carbocycles. The number of rotatable bonds is 3. The fourth-order valence-corrected chi connectivity index (χ4v) is 2.56. The summed E-state index contributed by atoms with van der Waals surface area (Å²) in [5.74, 6) is 1.36. The Bertz CT molecular complexity index is 783. The van der Waals surface area contributed by atoms with Gasteiger partial charge in [0.05, 0.1) is 0 Å². The van der Waals surface area contributed by atoms with Crippen molar-refractivity contribution in [2.75, 3.05) is 0 Å². The van der Waals surface area contributed by atoms with E-state index in [1.165, 1.54) is 5.56 Å². The molecule has 0 unspecified atom stereocenters. The molecule has 0 aliphatic heterocycles. The third-order valence-electron chi connectivity index (χ3n) is 3.52.